The molecule has 0 aliphatic carbocycles. The molecule has 0 amide bonds. The Morgan fingerprint density at radius 2 is 1.65 bits per heavy atom. The molecule has 0 fully saturated rings. The number of aryl methyl sites for hydroxylation is 1. The van der Waals surface area contributed by atoms with Crippen LogP contribution in [0.3, 0.4) is 0 Å². The third-order valence-electron chi connectivity index (χ3n) is 4.10. The van der Waals surface area contributed by atoms with E-state index in [0.717, 1.165) is 18.4 Å². The third kappa shape index (κ3) is 4.12. The maximum absolute atomic E-state index is 11.4. The van der Waals surface area contributed by atoms with Crippen LogP contribution in [0.2, 0.25) is 0 Å². The Hall–Kier alpha value is -2.30. The van der Waals surface area contributed by atoms with Crippen molar-refractivity contribution in [1.82, 2.24) is 4.57 Å². The second-order valence-corrected chi connectivity index (χ2v) is 5.83. The molecule has 0 atom stereocenters. The lowest BCUT2D eigenvalue weighted by Gasteiger charge is -2.08. The molecule has 1 aromatic carbocycles. The van der Waals surface area contributed by atoms with Crippen molar-refractivity contribution in [2.24, 2.45) is 0 Å². The van der Waals surface area contributed by atoms with E-state index in [-0.39, 0.29) is 11.3 Å². The molecule has 23 heavy (non-hydrogen) atoms. The van der Waals surface area contributed by atoms with Crippen LogP contribution in [0, 0.1) is 0 Å². The molecule has 0 aliphatic heterocycles. The van der Waals surface area contributed by atoms with Crippen LogP contribution in [0.25, 0.3) is 10.9 Å². The minimum Gasteiger partial charge on any atom is -0.478 e. The van der Waals surface area contributed by atoms with Crippen LogP contribution < -0.4 is 0 Å². The van der Waals surface area contributed by atoms with Gasteiger partial charge in [0.25, 0.3) is 0 Å². The number of carbonyl (C=O) groups is 2. The van der Waals surface area contributed by atoms with Gasteiger partial charge < -0.3 is 14.8 Å². The van der Waals surface area contributed by atoms with Gasteiger partial charge in [0.2, 0.25) is 0 Å². The molecule has 0 saturated carbocycles. The lowest BCUT2D eigenvalue weighted by molar-refractivity contribution is 0.0679. The molecule has 2 N–H and O–H groups in total. The lowest BCUT2D eigenvalue weighted by Crippen LogP contribution is -2.08. The molecule has 2 aromatic rings. The number of carboxylic acids is 2. The number of carboxylic acid groups (broad SMARTS) is 2. The third-order valence-corrected chi connectivity index (χ3v) is 4.10. The molecule has 2 rings (SSSR count). The van der Waals surface area contributed by atoms with Crippen molar-refractivity contribution < 1.29 is 19.8 Å². The fourth-order valence-corrected chi connectivity index (χ4v) is 2.87. The quantitative estimate of drug-likeness (QED) is 0.672. The predicted molar refractivity (Wildman–Crippen MR) is 89.2 cm³/mol. The van der Waals surface area contributed by atoms with Gasteiger partial charge >= 0.3 is 11.9 Å². The number of aromatic carboxylic acids is 2. The molecule has 0 unspecified atom stereocenters. The molecule has 0 radical (unpaired) electrons. The molecule has 1 aromatic heterocycles. The van der Waals surface area contributed by atoms with Crippen molar-refractivity contribution in [2.75, 3.05) is 0 Å². The summed E-state index contributed by atoms with van der Waals surface area (Å²) in [5.41, 5.74) is 1.17. The van der Waals surface area contributed by atoms with E-state index in [0.29, 0.717) is 11.9 Å². The van der Waals surface area contributed by atoms with Crippen LogP contribution in [-0.2, 0) is 6.54 Å². The largest absolute Gasteiger partial charge is 0.478 e. The molecule has 0 aliphatic rings. The van der Waals surface area contributed by atoms with Crippen molar-refractivity contribution in [1.29, 1.82) is 0 Å². The summed E-state index contributed by atoms with van der Waals surface area (Å²) in [5, 5.41) is 19.1. The highest BCUT2D eigenvalue weighted by molar-refractivity contribution is 5.98. The normalized spacial score (nSPS) is 11.0. The first kappa shape index (κ1) is 17.1. The average Bonchev–Trinajstić information content (AvgIpc) is 2.89. The van der Waals surface area contributed by atoms with Gasteiger partial charge in [0.15, 0.2) is 0 Å². The van der Waals surface area contributed by atoms with Gasteiger partial charge in [0.1, 0.15) is 5.69 Å². The summed E-state index contributed by atoms with van der Waals surface area (Å²) in [4.78, 5) is 22.5. The molecule has 5 nitrogen and oxygen atoms in total. The van der Waals surface area contributed by atoms with E-state index in [4.69, 9.17) is 5.11 Å². The van der Waals surface area contributed by atoms with Crippen molar-refractivity contribution in [3.63, 3.8) is 0 Å². The molecule has 0 bridgehead atoms. The van der Waals surface area contributed by atoms with Gasteiger partial charge in [-0.3, -0.25) is 0 Å². The summed E-state index contributed by atoms with van der Waals surface area (Å²) >= 11 is 0. The number of rotatable bonds is 9. The zero-order valence-corrected chi connectivity index (χ0v) is 13.4. The van der Waals surface area contributed by atoms with Crippen LogP contribution in [0.15, 0.2) is 24.3 Å². The minimum atomic E-state index is -1.01. The van der Waals surface area contributed by atoms with Gasteiger partial charge in [-0.25, -0.2) is 9.59 Å². The second kappa shape index (κ2) is 7.81. The minimum absolute atomic E-state index is 0.172. The standard InChI is InChI=1S/C18H23NO4/c1-2-3-4-5-6-7-10-19-15-9-8-13(17(20)21)11-14(15)12-16(19)18(22)23/h8-9,11-12H,2-7,10H2,1H3,(H,20,21)(H,22,23). The fraction of sp³-hybridized carbons (Fsp3) is 0.444. The Balaban J connectivity index is 2.17. The van der Waals surface area contributed by atoms with E-state index in [1.54, 1.807) is 16.7 Å². The molecule has 124 valence electrons. The van der Waals surface area contributed by atoms with E-state index in [1.165, 1.54) is 37.8 Å². The summed E-state index contributed by atoms with van der Waals surface area (Å²) in [5.74, 6) is -1.99. The number of fused-ring (bicyclic) bond motifs is 1. The lowest BCUT2D eigenvalue weighted by atomic mass is 10.1. The molecular formula is C18H23NO4. The monoisotopic (exact) mass is 317 g/mol. The molecule has 0 spiro atoms. The highest BCUT2D eigenvalue weighted by Gasteiger charge is 2.15. The van der Waals surface area contributed by atoms with Gasteiger partial charge in [-0.05, 0) is 30.7 Å². The van der Waals surface area contributed by atoms with Crippen molar-refractivity contribution >= 4 is 22.8 Å². The van der Waals surface area contributed by atoms with E-state index in [2.05, 4.69) is 6.92 Å². The Labute approximate surface area is 135 Å². The first-order valence-electron chi connectivity index (χ1n) is 8.14. The molecule has 1 heterocycles. The molecular weight excluding hydrogens is 294 g/mol. The van der Waals surface area contributed by atoms with Crippen LogP contribution in [0.4, 0.5) is 0 Å². The van der Waals surface area contributed by atoms with Crippen LogP contribution >= 0.6 is 0 Å². The van der Waals surface area contributed by atoms with Gasteiger partial charge in [-0.2, -0.15) is 0 Å². The molecule has 0 saturated heterocycles. The van der Waals surface area contributed by atoms with E-state index >= 15 is 0 Å². The van der Waals surface area contributed by atoms with E-state index in [1.807, 2.05) is 0 Å². The van der Waals surface area contributed by atoms with E-state index < -0.39 is 11.9 Å². The number of unbranched alkanes of at least 4 members (excludes halogenated alkanes) is 5. The highest BCUT2D eigenvalue weighted by atomic mass is 16.4. The summed E-state index contributed by atoms with van der Waals surface area (Å²) in [6.07, 6.45) is 6.83. The SMILES string of the molecule is CCCCCCCCn1c(C(=O)O)cc2cc(C(=O)O)ccc21. The Morgan fingerprint density at radius 3 is 2.30 bits per heavy atom. The smallest absolute Gasteiger partial charge is 0.352 e. The second-order valence-electron chi connectivity index (χ2n) is 5.83. The van der Waals surface area contributed by atoms with Gasteiger partial charge in [-0.1, -0.05) is 39.0 Å². The van der Waals surface area contributed by atoms with E-state index in [9.17, 15) is 14.7 Å². The van der Waals surface area contributed by atoms with Crippen LogP contribution in [0.5, 0.6) is 0 Å². The first-order chi connectivity index (χ1) is 11.0. The summed E-state index contributed by atoms with van der Waals surface area (Å²) < 4.78 is 1.78. The zero-order chi connectivity index (χ0) is 16.8. The highest BCUT2D eigenvalue weighted by Crippen LogP contribution is 2.23. The van der Waals surface area contributed by atoms with Crippen molar-refractivity contribution in [3.05, 3.63) is 35.5 Å². The van der Waals surface area contributed by atoms with Gasteiger partial charge in [0.05, 0.1) is 5.56 Å². The number of nitrogens with zero attached hydrogens (tertiary/aromatic N) is 1. The Morgan fingerprint density at radius 1 is 0.957 bits per heavy atom. The predicted octanol–water partition coefficient (Wildman–Crippen LogP) is 4.40. The maximum atomic E-state index is 11.4. The number of hydrogen-bond donors (Lipinski definition) is 2. The summed E-state index contributed by atoms with van der Waals surface area (Å²) in [6, 6.07) is 6.30. The van der Waals surface area contributed by atoms with Crippen molar-refractivity contribution in [2.45, 2.75) is 52.0 Å². The maximum Gasteiger partial charge on any atom is 0.352 e. The number of benzene rings is 1. The molecule has 5 heteroatoms. The number of hydrogen-bond acceptors (Lipinski definition) is 2. The van der Waals surface area contributed by atoms with Gasteiger partial charge in [0, 0.05) is 17.4 Å². The summed E-state index contributed by atoms with van der Waals surface area (Å²) in [6.45, 7) is 2.82. The van der Waals surface area contributed by atoms with Crippen molar-refractivity contribution in [3.8, 4) is 0 Å². The first-order valence-corrected chi connectivity index (χ1v) is 8.14. The topological polar surface area (TPSA) is 79.5 Å². The van der Waals surface area contributed by atoms with Crippen LogP contribution in [-0.4, -0.2) is 26.7 Å². The fourth-order valence-electron chi connectivity index (χ4n) is 2.87. The van der Waals surface area contributed by atoms with Crippen LogP contribution in [0.1, 0.15) is 66.3 Å². The van der Waals surface area contributed by atoms with Gasteiger partial charge in [-0.15, -0.1) is 0 Å². The summed E-state index contributed by atoms with van der Waals surface area (Å²) in [7, 11) is 0. The number of aromatic nitrogens is 1. The zero-order valence-electron chi connectivity index (χ0n) is 13.4. The Kier molecular flexibility index (Phi) is 5.79. The average molecular weight is 317 g/mol. The Bertz CT molecular complexity index is 702.